The maximum Gasteiger partial charge on any atom is 0.248 e. The second kappa shape index (κ2) is 7.85. The summed E-state index contributed by atoms with van der Waals surface area (Å²) in [6.45, 7) is 3.82. The number of nitrogens with one attached hydrogen (secondary N) is 1. The van der Waals surface area contributed by atoms with Crippen LogP contribution in [0.2, 0.25) is 0 Å². The standard InChI is InChI=1S/C21H25N5O2S/c22-19(27)13-1-6-17-16(11-13)18-20(23-12-24-21(18)29-17)25-14-2-4-15(5-3-14)26-7-9-28-10-8-26/h1,6,11-12,14-15H,2-5,7-10H2,(H2,22,27)(H,23,24,25)/t14-,15-. The molecule has 0 bridgehead atoms. The van der Waals surface area contributed by atoms with Crippen molar-refractivity contribution in [1.29, 1.82) is 0 Å². The first-order chi connectivity index (χ1) is 14.2. The molecule has 2 aromatic heterocycles. The monoisotopic (exact) mass is 411 g/mol. The predicted molar refractivity (Wildman–Crippen MR) is 115 cm³/mol. The van der Waals surface area contributed by atoms with Crippen molar-refractivity contribution >= 4 is 43.4 Å². The summed E-state index contributed by atoms with van der Waals surface area (Å²) in [6.07, 6.45) is 6.27. The van der Waals surface area contributed by atoms with Gasteiger partial charge in [-0.25, -0.2) is 9.97 Å². The normalized spacial score (nSPS) is 23.4. The molecule has 0 atom stereocenters. The number of morpholine rings is 1. The number of nitrogens with two attached hydrogens (primary N) is 1. The van der Waals surface area contributed by atoms with Gasteiger partial charge in [-0.3, -0.25) is 9.69 Å². The van der Waals surface area contributed by atoms with Gasteiger partial charge in [0.25, 0.3) is 0 Å². The van der Waals surface area contributed by atoms with Crippen molar-refractivity contribution in [2.75, 3.05) is 31.6 Å². The van der Waals surface area contributed by atoms with Gasteiger partial charge in [0, 0.05) is 40.8 Å². The van der Waals surface area contributed by atoms with Gasteiger partial charge in [0.1, 0.15) is 17.0 Å². The maximum absolute atomic E-state index is 11.6. The van der Waals surface area contributed by atoms with Crippen LogP contribution in [-0.2, 0) is 4.74 Å². The number of carbonyl (C=O) groups excluding carboxylic acids is 1. The van der Waals surface area contributed by atoms with E-state index in [9.17, 15) is 4.79 Å². The molecule has 152 valence electrons. The summed E-state index contributed by atoms with van der Waals surface area (Å²) in [6, 6.07) is 6.65. The number of hydrogen-bond acceptors (Lipinski definition) is 7. The molecule has 1 aliphatic heterocycles. The molecule has 0 spiro atoms. The van der Waals surface area contributed by atoms with Crippen molar-refractivity contribution in [3.8, 4) is 0 Å². The van der Waals surface area contributed by atoms with Gasteiger partial charge < -0.3 is 15.8 Å². The third kappa shape index (κ3) is 3.68. The fraction of sp³-hybridized carbons (Fsp3) is 0.476. The van der Waals surface area contributed by atoms with Crippen LogP contribution in [0.4, 0.5) is 5.82 Å². The molecule has 2 aliphatic rings. The average Bonchev–Trinajstić information content (AvgIpc) is 3.13. The highest BCUT2D eigenvalue weighted by Crippen LogP contribution is 2.37. The van der Waals surface area contributed by atoms with Crippen LogP contribution in [0.3, 0.4) is 0 Å². The molecule has 2 fully saturated rings. The fourth-order valence-electron chi connectivity index (χ4n) is 4.59. The Kier molecular flexibility index (Phi) is 5.07. The number of carbonyl (C=O) groups is 1. The van der Waals surface area contributed by atoms with Gasteiger partial charge in [-0.2, -0.15) is 0 Å². The zero-order chi connectivity index (χ0) is 19.8. The number of anilines is 1. The lowest BCUT2D eigenvalue weighted by Crippen LogP contribution is -2.46. The molecule has 29 heavy (non-hydrogen) atoms. The van der Waals surface area contributed by atoms with Gasteiger partial charge in [-0.1, -0.05) is 0 Å². The number of hydrogen-bond donors (Lipinski definition) is 2. The van der Waals surface area contributed by atoms with Crippen molar-refractivity contribution in [1.82, 2.24) is 14.9 Å². The van der Waals surface area contributed by atoms with Crippen molar-refractivity contribution < 1.29 is 9.53 Å². The summed E-state index contributed by atoms with van der Waals surface area (Å²) in [7, 11) is 0. The van der Waals surface area contributed by atoms with Crippen molar-refractivity contribution in [3.05, 3.63) is 30.1 Å². The highest BCUT2D eigenvalue weighted by atomic mass is 32.1. The Morgan fingerprint density at radius 1 is 1.17 bits per heavy atom. The summed E-state index contributed by atoms with van der Waals surface area (Å²) in [5.41, 5.74) is 6.00. The Hall–Kier alpha value is -2.29. The van der Waals surface area contributed by atoms with E-state index in [0.717, 1.165) is 65.3 Å². The zero-order valence-electron chi connectivity index (χ0n) is 16.3. The van der Waals surface area contributed by atoms with E-state index in [1.54, 1.807) is 23.7 Å². The van der Waals surface area contributed by atoms with Gasteiger partial charge in [-0.05, 0) is 43.9 Å². The van der Waals surface area contributed by atoms with E-state index < -0.39 is 5.91 Å². The lowest BCUT2D eigenvalue weighted by molar-refractivity contribution is 0.00791. The van der Waals surface area contributed by atoms with Crippen molar-refractivity contribution in [2.24, 2.45) is 5.73 Å². The van der Waals surface area contributed by atoms with E-state index >= 15 is 0 Å². The quantitative estimate of drug-likeness (QED) is 0.686. The molecule has 8 heteroatoms. The first-order valence-electron chi connectivity index (χ1n) is 10.2. The molecule has 1 aromatic carbocycles. The topological polar surface area (TPSA) is 93.4 Å². The molecule has 0 unspecified atom stereocenters. The molecular weight excluding hydrogens is 386 g/mol. The van der Waals surface area contributed by atoms with Crippen LogP contribution in [0.25, 0.3) is 20.3 Å². The highest BCUT2D eigenvalue weighted by Gasteiger charge is 2.27. The lowest BCUT2D eigenvalue weighted by Gasteiger charge is -2.39. The Morgan fingerprint density at radius 2 is 1.97 bits per heavy atom. The van der Waals surface area contributed by atoms with Crippen LogP contribution in [0, 0.1) is 0 Å². The van der Waals surface area contributed by atoms with Gasteiger partial charge in [-0.15, -0.1) is 11.3 Å². The molecule has 0 radical (unpaired) electrons. The lowest BCUT2D eigenvalue weighted by atomic mass is 9.90. The molecular formula is C21H25N5O2S. The number of amides is 1. The van der Waals surface area contributed by atoms with Crippen LogP contribution in [0.15, 0.2) is 24.5 Å². The average molecular weight is 412 g/mol. The van der Waals surface area contributed by atoms with E-state index in [2.05, 4.69) is 20.2 Å². The first-order valence-corrected chi connectivity index (χ1v) is 11.1. The van der Waals surface area contributed by atoms with Gasteiger partial charge in [0.05, 0.1) is 18.6 Å². The third-order valence-corrected chi connectivity index (χ3v) is 7.23. The van der Waals surface area contributed by atoms with E-state index in [0.29, 0.717) is 17.6 Å². The molecule has 1 amide bonds. The smallest absolute Gasteiger partial charge is 0.248 e. The number of aromatic nitrogens is 2. The summed E-state index contributed by atoms with van der Waals surface area (Å²) in [5, 5.41) is 5.65. The highest BCUT2D eigenvalue weighted by molar-refractivity contribution is 7.25. The van der Waals surface area contributed by atoms with E-state index in [4.69, 9.17) is 10.5 Å². The number of benzene rings is 1. The molecule has 5 rings (SSSR count). The van der Waals surface area contributed by atoms with E-state index in [1.807, 2.05) is 12.1 Å². The Morgan fingerprint density at radius 3 is 2.72 bits per heavy atom. The number of rotatable bonds is 4. The van der Waals surface area contributed by atoms with Crippen LogP contribution >= 0.6 is 11.3 Å². The molecule has 3 aromatic rings. The van der Waals surface area contributed by atoms with Gasteiger partial charge in [0.15, 0.2) is 0 Å². The summed E-state index contributed by atoms with van der Waals surface area (Å²) >= 11 is 1.62. The van der Waals surface area contributed by atoms with E-state index in [1.165, 1.54) is 12.8 Å². The largest absolute Gasteiger partial charge is 0.379 e. The zero-order valence-corrected chi connectivity index (χ0v) is 17.1. The number of fused-ring (bicyclic) bond motifs is 3. The van der Waals surface area contributed by atoms with Gasteiger partial charge >= 0.3 is 0 Å². The van der Waals surface area contributed by atoms with Crippen molar-refractivity contribution in [2.45, 2.75) is 37.8 Å². The molecule has 1 aliphatic carbocycles. The number of primary amides is 1. The Balaban J connectivity index is 1.37. The molecule has 1 saturated carbocycles. The predicted octanol–water partition coefficient (Wildman–Crippen LogP) is 3.00. The number of ether oxygens (including phenoxy) is 1. The first kappa shape index (κ1) is 18.7. The van der Waals surface area contributed by atoms with Crippen LogP contribution in [0.1, 0.15) is 36.0 Å². The minimum Gasteiger partial charge on any atom is -0.379 e. The molecule has 3 heterocycles. The molecule has 3 N–H and O–H groups in total. The second-order valence-electron chi connectivity index (χ2n) is 7.88. The minimum atomic E-state index is -0.418. The van der Waals surface area contributed by atoms with E-state index in [-0.39, 0.29) is 0 Å². The second-order valence-corrected chi connectivity index (χ2v) is 8.91. The molecule has 1 saturated heterocycles. The third-order valence-electron chi connectivity index (χ3n) is 6.15. The summed E-state index contributed by atoms with van der Waals surface area (Å²) in [4.78, 5) is 24.1. The fourth-order valence-corrected chi connectivity index (χ4v) is 5.62. The summed E-state index contributed by atoms with van der Waals surface area (Å²) in [5.74, 6) is 0.441. The van der Waals surface area contributed by atoms with Gasteiger partial charge in [0.2, 0.25) is 5.91 Å². The summed E-state index contributed by atoms with van der Waals surface area (Å²) < 4.78 is 6.57. The van der Waals surface area contributed by atoms with Crippen LogP contribution < -0.4 is 11.1 Å². The van der Waals surface area contributed by atoms with Crippen molar-refractivity contribution in [3.63, 3.8) is 0 Å². The minimum absolute atomic E-state index is 0.402. The number of thiophene rings is 1. The SMILES string of the molecule is NC(=O)c1ccc2sc3ncnc(N[C@H]4CC[C@H](N5CCOCC5)CC4)c3c2c1. The Bertz CT molecular complexity index is 1040. The number of nitrogens with zero attached hydrogens (tertiary/aromatic N) is 3. The van der Waals surface area contributed by atoms with Crippen LogP contribution in [0.5, 0.6) is 0 Å². The molecule has 7 nitrogen and oxygen atoms in total. The Labute approximate surface area is 173 Å². The maximum atomic E-state index is 11.6. The van der Waals surface area contributed by atoms with Crippen LogP contribution in [-0.4, -0.2) is 59.2 Å².